The lowest BCUT2D eigenvalue weighted by Gasteiger charge is -2.47. The number of aryl methyl sites for hydroxylation is 2. The summed E-state index contributed by atoms with van der Waals surface area (Å²) in [5, 5.41) is 22.8. The van der Waals surface area contributed by atoms with Gasteiger partial charge in [0.25, 0.3) is 0 Å². The number of rotatable bonds is 11. The van der Waals surface area contributed by atoms with Crippen LogP contribution in [0.5, 0.6) is 0 Å². The third-order valence-electron chi connectivity index (χ3n) is 16.0. The lowest BCUT2D eigenvalue weighted by atomic mass is 9.79. The van der Waals surface area contributed by atoms with Gasteiger partial charge in [0.05, 0.1) is 17.2 Å². The van der Waals surface area contributed by atoms with Crippen LogP contribution in [0, 0.1) is 6.92 Å². The molecule has 1 nitrogen and oxygen atoms in total. The molecule has 0 spiro atoms. The highest BCUT2D eigenvalue weighted by atomic mass is 32.1. The quantitative estimate of drug-likeness (QED) is 0.0435. The van der Waals surface area contributed by atoms with Gasteiger partial charge in [-0.3, -0.25) is 0 Å². The molecule has 0 radical (unpaired) electrons. The second-order valence-corrected chi connectivity index (χ2v) is 26.2. The van der Waals surface area contributed by atoms with Crippen molar-refractivity contribution in [3.63, 3.8) is 0 Å². The van der Waals surface area contributed by atoms with Crippen LogP contribution < -0.4 is 15.6 Å². The molecular weight excluding hydrogens is 959 g/mol. The van der Waals surface area contributed by atoms with E-state index in [0.717, 1.165) is 128 Å². The summed E-state index contributed by atoms with van der Waals surface area (Å²) in [4.78, 5) is 0.517. The first-order valence-corrected chi connectivity index (χ1v) is 28.1. The largest absolute Gasteiger partial charge is 0.416 e. The number of aliphatic hydroxyl groups is 1. The van der Waals surface area contributed by atoms with E-state index in [0.29, 0.717) is 27.3 Å². The van der Waals surface area contributed by atoms with Crippen LogP contribution in [-0.4, -0.2) is 13.2 Å². The van der Waals surface area contributed by atoms with Crippen molar-refractivity contribution in [3.05, 3.63) is 190 Å². The Morgan fingerprint density at radius 3 is 1.25 bits per heavy atom. The first-order chi connectivity index (χ1) is 34.8. The van der Waals surface area contributed by atoms with E-state index in [9.17, 15) is 31.4 Å². The number of benzene rings is 9. The summed E-state index contributed by atoms with van der Waals surface area (Å²) < 4.78 is 87.4. The Balaban J connectivity index is 1.44. The Morgan fingerprint density at radius 1 is 0.507 bits per heavy atom. The van der Waals surface area contributed by atoms with E-state index in [2.05, 4.69) is 126 Å². The van der Waals surface area contributed by atoms with Crippen molar-refractivity contribution in [2.75, 3.05) is 0 Å². The van der Waals surface area contributed by atoms with E-state index in [1.54, 1.807) is 24.3 Å². The number of halogens is 6. The monoisotopic (exact) mass is 1020 g/mol. The predicted molar refractivity (Wildman–Crippen MR) is 296 cm³/mol. The van der Waals surface area contributed by atoms with Crippen molar-refractivity contribution >= 4 is 79.4 Å². The van der Waals surface area contributed by atoms with Crippen molar-refractivity contribution in [1.29, 1.82) is 0 Å². The Kier molecular flexibility index (Phi) is 13.3. The van der Waals surface area contributed by atoms with E-state index in [-0.39, 0.29) is 5.92 Å². The van der Waals surface area contributed by atoms with Gasteiger partial charge in [-0.25, -0.2) is 0 Å². The number of alkyl halides is 6. The second kappa shape index (κ2) is 19.1. The molecule has 0 saturated carbocycles. The highest BCUT2D eigenvalue weighted by molar-refractivity contribution is 7.80. The fraction of sp³-hybridized carbons (Fsp3) is 0.281. The zero-order chi connectivity index (χ0) is 51.8. The molecule has 0 fully saturated rings. The molecule has 0 heterocycles. The van der Waals surface area contributed by atoms with Crippen molar-refractivity contribution < 1.29 is 31.4 Å². The summed E-state index contributed by atoms with van der Waals surface area (Å²) in [6.45, 7) is 12.7. The first-order valence-electron chi connectivity index (χ1n) is 25.6. The maximum atomic E-state index is 14.6. The molecule has 9 heteroatoms. The van der Waals surface area contributed by atoms with Crippen LogP contribution in [0.1, 0.15) is 123 Å². The number of fused-ring (bicyclic) bond motifs is 5. The van der Waals surface area contributed by atoms with Gasteiger partial charge in [-0.05, 0) is 147 Å². The fourth-order valence-corrected chi connectivity index (χ4v) is 19.8. The number of hydrogen-bond acceptors (Lipinski definition) is 2. The molecule has 374 valence electrons. The average Bonchev–Trinajstić information content (AvgIpc) is 3.72. The molecule has 0 amide bonds. The van der Waals surface area contributed by atoms with Gasteiger partial charge < -0.3 is 5.11 Å². The Hall–Kier alpha value is -5.87. The summed E-state index contributed by atoms with van der Waals surface area (Å²) >= 11 is 5.71. The Morgan fingerprint density at radius 2 is 0.877 bits per heavy atom. The van der Waals surface area contributed by atoms with Gasteiger partial charge in [0, 0.05) is 10.8 Å². The molecule has 0 bridgehead atoms. The number of aliphatic hydroxyl groups excluding tert-OH is 1. The van der Waals surface area contributed by atoms with E-state index in [4.69, 9.17) is 12.6 Å². The summed E-state index contributed by atoms with van der Waals surface area (Å²) in [5.74, 6) is -0.317. The molecule has 10 rings (SSSR count). The molecule has 1 aliphatic rings. The third-order valence-corrected chi connectivity index (χ3v) is 22.6. The maximum Gasteiger partial charge on any atom is 0.416 e. The number of hydrogen-bond donors (Lipinski definition) is 2. The zero-order valence-electron chi connectivity index (χ0n) is 42.1. The summed E-state index contributed by atoms with van der Waals surface area (Å²) in [6.07, 6.45) is -4.14. The third kappa shape index (κ3) is 8.29. The molecule has 9 aromatic carbocycles. The van der Waals surface area contributed by atoms with Gasteiger partial charge in [-0.2, -0.15) is 26.3 Å². The summed E-state index contributed by atoms with van der Waals surface area (Å²) in [6, 6.07) is 44.6. The standard InChI is InChI=1S/C64H60F6OSSi/c1-7-9-19-43-45-21-11-15-25-49(45)57(50-26-16-12-22-46(43)50)53-37-54(71)59-55(53)38(3)56(58-51-27-17-13-23-47(51)44(20-10-8-2)48-24-14-18-28-52(48)58)61(60(59)72)73(62(4,5)6,41-33-29-39(30-34-41)63(65,66)67)42-35-31-40(32-36-42)64(68,69)70/h11-18,21-36,53-54,71-72H,7-10,19-20,37H2,1-6H3/t53?,54-/m1/s1. The molecule has 0 saturated heterocycles. The lowest BCUT2D eigenvalue weighted by Crippen LogP contribution is -2.73. The van der Waals surface area contributed by atoms with Crippen LogP contribution in [0.2, 0.25) is 5.04 Å². The van der Waals surface area contributed by atoms with Crippen molar-refractivity contribution in [2.45, 2.75) is 121 Å². The number of thiol groups is 1. The van der Waals surface area contributed by atoms with Crippen LogP contribution in [0.3, 0.4) is 0 Å². The molecule has 2 atom stereocenters. The Bertz CT molecular complexity index is 3400. The minimum atomic E-state index is -4.64. The molecule has 0 aliphatic heterocycles. The summed E-state index contributed by atoms with van der Waals surface area (Å²) in [5.41, 5.74) is 6.29. The van der Waals surface area contributed by atoms with Crippen LogP contribution in [0.15, 0.2) is 150 Å². The number of unbranched alkanes of at least 4 members (excludes halogenated alkanes) is 2. The minimum absolute atomic E-state index is 0.317. The molecule has 1 N–H and O–H groups in total. The van der Waals surface area contributed by atoms with Gasteiger partial charge in [-0.1, -0.05) is 193 Å². The average molecular weight is 1020 g/mol. The van der Waals surface area contributed by atoms with Crippen LogP contribution in [-0.2, 0) is 25.2 Å². The smallest absolute Gasteiger partial charge is 0.388 e. The van der Waals surface area contributed by atoms with Gasteiger partial charge >= 0.3 is 12.4 Å². The van der Waals surface area contributed by atoms with Crippen LogP contribution >= 0.6 is 12.6 Å². The lowest BCUT2D eigenvalue weighted by molar-refractivity contribution is -0.138. The van der Waals surface area contributed by atoms with Crippen LogP contribution in [0.4, 0.5) is 26.3 Å². The van der Waals surface area contributed by atoms with E-state index < -0.39 is 42.7 Å². The molecule has 9 aromatic rings. The SMILES string of the molecule is CCCCc1c2ccccc2c(-c2c(C)c3c(c(S)c2[Si](c2ccc(C(F)(F)F)cc2)(c2ccc(C(F)(F)F)cc2)C(C)(C)C)[C@H](O)CC3c2c3ccccc3c(CCCC)c3ccccc23)c2ccccc12. The van der Waals surface area contributed by atoms with Crippen LogP contribution in [0.25, 0.3) is 54.2 Å². The second-order valence-electron chi connectivity index (χ2n) is 21.1. The van der Waals surface area contributed by atoms with Gasteiger partial charge in [0.2, 0.25) is 0 Å². The first kappa shape index (κ1) is 50.6. The van der Waals surface area contributed by atoms with E-state index >= 15 is 0 Å². The molecule has 0 aromatic heterocycles. The normalized spacial score (nSPS) is 15.5. The maximum absolute atomic E-state index is 14.6. The highest BCUT2D eigenvalue weighted by Crippen LogP contribution is 2.56. The van der Waals surface area contributed by atoms with Gasteiger partial charge in [0.15, 0.2) is 8.07 Å². The van der Waals surface area contributed by atoms with Crippen molar-refractivity contribution in [3.8, 4) is 11.1 Å². The zero-order valence-corrected chi connectivity index (χ0v) is 44.0. The topological polar surface area (TPSA) is 20.2 Å². The summed E-state index contributed by atoms with van der Waals surface area (Å²) in [7, 11) is -4.01. The molecule has 1 aliphatic carbocycles. The van der Waals surface area contributed by atoms with Gasteiger partial charge in [-0.15, -0.1) is 12.6 Å². The van der Waals surface area contributed by atoms with E-state index in [1.807, 2.05) is 12.1 Å². The van der Waals surface area contributed by atoms with E-state index in [1.165, 1.54) is 21.9 Å². The van der Waals surface area contributed by atoms with Crippen molar-refractivity contribution in [1.82, 2.24) is 0 Å². The van der Waals surface area contributed by atoms with Gasteiger partial charge in [0.1, 0.15) is 0 Å². The molecule has 73 heavy (non-hydrogen) atoms. The predicted octanol–water partition coefficient (Wildman–Crippen LogP) is 17.1. The van der Waals surface area contributed by atoms with Crippen molar-refractivity contribution in [2.24, 2.45) is 0 Å². The highest BCUT2D eigenvalue weighted by Gasteiger charge is 2.54. The molecule has 1 unspecified atom stereocenters. The minimum Gasteiger partial charge on any atom is -0.388 e. The fourth-order valence-electron chi connectivity index (χ4n) is 13.0. The Labute approximate surface area is 430 Å². The molecular formula is C64H60F6OSSi.